The lowest BCUT2D eigenvalue weighted by atomic mass is 9.80. The van der Waals surface area contributed by atoms with Crippen LogP contribution in [0.3, 0.4) is 0 Å². The largest absolute Gasteiger partial charge is 0.497 e. The van der Waals surface area contributed by atoms with Crippen LogP contribution in [0.4, 0.5) is 0 Å². The number of carbonyl (C=O) groups excluding carboxylic acids is 1. The fourth-order valence-corrected chi connectivity index (χ4v) is 2.50. The van der Waals surface area contributed by atoms with Crippen molar-refractivity contribution in [2.45, 2.75) is 27.2 Å². The lowest BCUT2D eigenvalue weighted by Crippen LogP contribution is -2.20. The summed E-state index contributed by atoms with van der Waals surface area (Å²) in [6.45, 7) is 6.26. The van der Waals surface area contributed by atoms with Gasteiger partial charge in [-0.2, -0.15) is 0 Å². The van der Waals surface area contributed by atoms with Crippen LogP contribution in [-0.2, 0) is 4.79 Å². The molecule has 0 aliphatic heterocycles. The number of allylic oxidation sites excluding steroid dienone is 3. The Morgan fingerprint density at radius 2 is 1.90 bits per heavy atom. The number of benzene rings is 1. The summed E-state index contributed by atoms with van der Waals surface area (Å²) in [4.78, 5) is 12.5. The Bertz CT molecular complexity index is 547. The Hall–Kier alpha value is -1.83. The fraction of sp³-hybridized carbons (Fsp3) is 0.389. The Labute approximate surface area is 121 Å². The Balaban J connectivity index is 2.32. The highest BCUT2D eigenvalue weighted by Crippen LogP contribution is 2.31. The van der Waals surface area contributed by atoms with Crippen molar-refractivity contribution in [3.05, 3.63) is 47.1 Å². The molecule has 0 heterocycles. The maximum atomic E-state index is 12.5. The number of methoxy groups -OCH3 is 1. The number of carbonyl (C=O) groups is 1. The summed E-state index contributed by atoms with van der Waals surface area (Å²) < 4.78 is 5.15. The molecule has 0 N–H and O–H groups in total. The van der Waals surface area contributed by atoms with Gasteiger partial charge in [0, 0.05) is 5.57 Å². The predicted molar refractivity (Wildman–Crippen MR) is 82.7 cm³/mol. The van der Waals surface area contributed by atoms with Crippen LogP contribution in [0.25, 0.3) is 6.08 Å². The lowest BCUT2D eigenvalue weighted by molar-refractivity contribution is -0.113. The van der Waals surface area contributed by atoms with Gasteiger partial charge in [-0.1, -0.05) is 39.0 Å². The van der Waals surface area contributed by atoms with Gasteiger partial charge in [0.2, 0.25) is 0 Å². The smallest absolute Gasteiger partial charge is 0.185 e. The summed E-state index contributed by atoms with van der Waals surface area (Å²) in [5.41, 5.74) is 2.91. The van der Waals surface area contributed by atoms with Crippen LogP contribution in [0.2, 0.25) is 0 Å². The molecule has 0 spiro atoms. The molecule has 0 saturated heterocycles. The standard InChI is InChI=1S/C18H22O2/c1-12(2)16-10-5-13(3)17(18(16)19)11-14-6-8-15(20-4)9-7-14/h6-13H,5H2,1-4H3/t13-/m0/s1. The second-order valence-electron chi connectivity index (χ2n) is 5.65. The number of Topliss-reactive ketones (excluding diaryl/α,β-unsaturated/α-hetero) is 1. The van der Waals surface area contributed by atoms with Crippen LogP contribution >= 0.6 is 0 Å². The van der Waals surface area contributed by atoms with Gasteiger partial charge in [0.25, 0.3) is 0 Å². The quantitative estimate of drug-likeness (QED) is 0.767. The zero-order chi connectivity index (χ0) is 14.7. The van der Waals surface area contributed by atoms with E-state index < -0.39 is 0 Å². The molecule has 1 aliphatic carbocycles. The third-order valence-electron chi connectivity index (χ3n) is 3.81. The van der Waals surface area contributed by atoms with Gasteiger partial charge in [-0.25, -0.2) is 0 Å². The van der Waals surface area contributed by atoms with E-state index in [0.29, 0.717) is 0 Å². The highest BCUT2D eigenvalue weighted by molar-refractivity contribution is 6.12. The van der Waals surface area contributed by atoms with Gasteiger partial charge in [-0.05, 0) is 47.6 Å². The molecule has 20 heavy (non-hydrogen) atoms. The normalized spacial score (nSPS) is 21.2. The van der Waals surface area contributed by atoms with Gasteiger partial charge in [-0.15, -0.1) is 0 Å². The molecule has 2 rings (SSSR count). The number of hydrogen-bond donors (Lipinski definition) is 0. The van der Waals surface area contributed by atoms with Gasteiger partial charge in [-0.3, -0.25) is 4.79 Å². The minimum absolute atomic E-state index is 0.203. The second kappa shape index (κ2) is 6.08. The van der Waals surface area contributed by atoms with Gasteiger partial charge in [0.15, 0.2) is 5.78 Å². The van der Waals surface area contributed by atoms with Crippen LogP contribution in [0, 0.1) is 11.8 Å². The maximum Gasteiger partial charge on any atom is 0.185 e. The van der Waals surface area contributed by atoms with Crippen molar-refractivity contribution in [3.63, 3.8) is 0 Å². The summed E-state index contributed by atoms with van der Waals surface area (Å²) in [5, 5.41) is 0. The van der Waals surface area contributed by atoms with Crippen molar-refractivity contribution >= 4 is 11.9 Å². The molecular formula is C18H22O2. The molecule has 2 nitrogen and oxygen atoms in total. The average molecular weight is 270 g/mol. The monoisotopic (exact) mass is 270 g/mol. The van der Waals surface area contributed by atoms with E-state index in [2.05, 4.69) is 26.8 Å². The first-order chi connectivity index (χ1) is 9.52. The third kappa shape index (κ3) is 3.01. The molecule has 0 bridgehead atoms. The molecule has 0 aromatic heterocycles. The van der Waals surface area contributed by atoms with Gasteiger partial charge in [0.05, 0.1) is 7.11 Å². The van der Waals surface area contributed by atoms with Gasteiger partial charge < -0.3 is 4.74 Å². The Morgan fingerprint density at radius 1 is 1.25 bits per heavy atom. The van der Waals surface area contributed by atoms with Crippen LogP contribution in [0.5, 0.6) is 5.75 Å². The molecule has 1 aromatic carbocycles. The predicted octanol–water partition coefficient (Wildman–Crippen LogP) is 4.27. The first kappa shape index (κ1) is 14.6. The highest BCUT2D eigenvalue weighted by atomic mass is 16.5. The SMILES string of the molecule is COc1ccc(C=C2C(=O)C(C(C)C)=CC[C@@H]2C)cc1. The van der Waals surface area contributed by atoms with Crippen LogP contribution < -0.4 is 4.74 Å². The van der Waals surface area contributed by atoms with E-state index >= 15 is 0 Å². The van der Waals surface area contributed by atoms with Crippen LogP contribution in [-0.4, -0.2) is 12.9 Å². The molecule has 1 aromatic rings. The summed E-state index contributed by atoms with van der Waals surface area (Å²) in [6, 6.07) is 7.81. The molecule has 2 heteroatoms. The molecule has 0 radical (unpaired) electrons. The lowest BCUT2D eigenvalue weighted by Gasteiger charge is -2.23. The summed E-state index contributed by atoms with van der Waals surface area (Å²) in [6.07, 6.45) is 5.06. The second-order valence-corrected chi connectivity index (χ2v) is 5.65. The molecule has 0 unspecified atom stereocenters. The zero-order valence-corrected chi connectivity index (χ0v) is 12.6. The first-order valence-corrected chi connectivity index (χ1v) is 7.13. The number of hydrogen-bond acceptors (Lipinski definition) is 2. The summed E-state index contributed by atoms with van der Waals surface area (Å²) in [7, 11) is 1.65. The van der Waals surface area contributed by atoms with Crippen molar-refractivity contribution < 1.29 is 9.53 Å². The number of ketones is 1. The fourth-order valence-electron chi connectivity index (χ4n) is 2.50. The van der Waals surface area contributed by atoms with Crippen molar-refractivity contribution in [3.8, 4) is 5.75 Å². The molecule has 106 valence electrons. The topological polar surface area (TPSA) is 26.3 Å². The molecular weight excluding hydrogens is 248 g/mol. The molecule has 0 amide bonds. The van der Waals surface area contributed by atoms with Crippen molar-refractivity contribution in [2.75, 3.05) is 7.11 Å². The van der Waals surface area contributed by atoms with E-state index in [0.717, 1.165) is 28.9 Å². The molecule has 1 atom stereocenters. The van der Waals surface area contributed by atoms with Crippen LogP contribution in [0.1, 0.15) is 32.8 Å². The van der Waals surface area contributed by atoms with Crippen molar-refractivity contribution in [1.29, 1.82) is 0 Å². The average Bonchev–Trinajstić information content (AvgIpc) is 2.43. The van der Waals surface area contributed by atoms with E-state index in [-0.39, 0.29) is 17.6 Å². The highest BCUT2D eigenvalue weighted by Gasteiger charge is 2.26. The number of ether oxygens (including phenoxy) is 1. The van der Waals surface area contributed by atoms with Crippen molar-refractivity contribution in [1.82, 2.24) is 0 Å². The Morgan fingerprint density at radius 3 is 2.45 bits per heavy atom. The molecule has 0 saturated carbocycles. The van der Waals surface area contributed by atoms with Gasteiger partial charge >= 0.3 is 0 Å². The van der Waals surface area contributed by atoms with Crippen molar-refractivity contribution in [2.24, 2.45) is 11.8 Å². The summed E-state index contributed by atoms with van der Waals surface area (Å²) in [5.74, 6) is 1.61. The van der Waals surface area contributed by atoms with E-state index in [4.69, 9.17) is 4.74 Å². The number of rotatable bonds is 3. The van der Waals surface area contributed by atoms with Gasteiger partial charge in [0.1, 0.15) is 5.75 Å². The maximum absolute atomic E-state index is 12.5. The summed E-state index contributed by atoms with van der Waals surface area (Å²) >= 11 is 0. The van der Waals surface area contributed by atoms with E-state index in [9.17, 15) is 4.79 Å². The first-order valence-electron chi connectivity index (χ1n) is 7.13. The van der Waals surface area contributed by atoms with E-state index in [1.54, 1.807) is 7.11 Å². The molecule has 1 aliphatic rings. The van der Waals surface area contributed by atoms with E-state index in [1.165, 1.54) is 0 Å². The zero-order valence-electron chi connectivity index (χ0n) is 12.6. The molecule has 0 fully saturated rings. The van der Waals surface area contributed by atoms with Crippen LogP contribution in [0.15, 0.2) is 41.5 Å². The minimum Gasteiger partial charge on any atom is -0.497 e. The van der Waals surface area contributed by atoms with E-state index in [1.807, 2.05) is 30.3 Å². The third-order valence-corrected chi connectivity index (χ3v) is 3.81. The Kier molecular flexibility index (Phi) is 4.43. The minimum atomic E-state index is 0.203.